The lowest BCUT2D eigenvalue weighted by Gasteiger charge is -2.26. The Hall–Kier alpha value is -1.14. The van der Waals surface area contributed by atoms with E-state index in [0.29, 0.717) is 0 Å². The first-order chi connectivity index (χ1) is 7.41. The maximum atomic E-state index is 11.6. The van der Waals surface area contributed by atoms with Gasteiger partial charge in [0.2, 0.25) is 5.91 Å². The minimum atomic E-state index is -1.05. The van der Waals surface area contributed by atoms with Crippen molar-refractivity contribution in [1.29, 1.82) is 0 Å². The molecular weight excluding hydrogens is 212 g/mol. The topological polar surface area (TPSA) is 102 Å². The average molecular weight is 230 g/mol. The van der Waals surface area contributed by atoms with Gasteiger partial charge in [0.1, 0.15) is 5.41 Å². The molecule has 1 heterocycles. The number of carbonyl (C=O) groups is 2. The number of carboxylic acid groups (broad SMARTS) is 1. The van der Waals surface area contributed by atoms with Crippen LogP contribution in [0.5, 0.6) is 0 Å². The van der Waals surface area contributed by atoms with Crippen LogP contribution in [0.2, 0.25) is 0 Å². The van der Waals surface area contributed by atoms with Gasteiger partial charge in [-0.05, 0) is 6.92 Å². The third kappa shape index (κ3) is 2.33. The zero-order valence-corrected chi connectivity index (χ0v) is 9.53. The van der Waals surface area contributed by atoms with E-state index in [1.807, 2.05) is 0 Å². The smallest absolute Gasteiger partial charge is 0.313 e. The molecule has 1 fully saturated rings. The molecule has 1 rings (SSSR count). The highest BCUT2D eigenvalue weighted by Crippen LogP contribution is 2.28. The van der Waals surface area contributed by atoms with Gasteiger partial charge in [0.15, 0.2) is 0 Å². The fourth-order valence-electron chi connectivity index (χ4n) is 1.51. The van der Waals surface area contributed by atoms with Crippen LogP contribution in [0.25, 0.3) is 0 Å². The Kier molecular flexibility index (Phi) is 3.88. The second-order valence-corrected chi connectivity index (χ2v) is 4.44. The van der Waals surface area contributed by atoms with E-state index in [-0.39, 0.29) is 31.6 Å². The summed E-state index contributed by atoms with van der Waals surface area (Å²) in [5.74, 6) is -1.51. The summed E-state index contributed by atoms with van der Waals surface area (Å²) in [6, 6.07) is -0.494. The number of ether oxygens (including phenoxy) is 1. The molecule has 0 aromatic heterocycles. The normalized spacial score (nSPS) is 31.1. The molecule has 92 valence electrons. The fraction of sp³-hybridized carbons (Fsp3) is 0.800. The molecule has 4 N–H and O–H groups in total. The maximum absolute atomic E-state index is 11.6. The van der Waals surface area contributed by atoms with Crippen molar-refractivity contribution in [2.45, 2.75) is 19.9 Å². The lowest BCUT2D eigenvalue weighted by molar-refractivity contribution is -0.149. The van der Waals surface area contributed by atoms with Crippen LogP contribution < -0.4 is 11.1 Å². The van der Waals surface area contributed by atoms with Gasteiger partial charge >= 0.3 is 5.97 Å². The molecule has 0 aliphatic carbocycles. The first-order valence-corrected chi connectivity index (χ1v) is 5.23. The van der Waals surface area contributed by atoms with Crippen molar-refractivity contribution in [2.24, 2.45) is 17.1 Å². The van der Waals surface area contributed by atoms with Crippen molar-refractivity contribution >= 4 is 11.9 Å². The number of amides is 1. The summed E-state index contributed by atoms with van der Waals surface area (Å²) in [7, 11) is 0. The van der Waals surface area contributed by atoms with E-state index in [1.54, 1.807) is 13.8 Å². The number of nitrogens with two attached hydrogens (primary N) is 1. The molecule has 1 saturated heterocycles. The maximum Gasteiger partial charge on any atom is 0.313 e. The van der Waals surface area contributed by atoms with Gasteiger partial charge in [0.25, 0.3) is 0 Å². The van der Waals surface area contributed by atoms with Gasteiger partial charge in [0.05, 0.1) is 19.3 Å². The zero-order chi connectivity index (χ0) is 12.3. The third-order valence-electron chi connectivity index (χ3n) is 3.06. The Labute approximate surface area is 94.1 Å². The Morgan fingerprint density at radius 2 is 2.31 bits per heavy atom. The molecule has 0 bridgehead atoms. The summed E-state index contributed by atoms with van der Waals surface area (Å²) >= 11 is 0. The number of nitrogens with one attached hydrogen (secondary N) is 1. The van der Waals surface area contributed by atoms with E-state index in [4.69, 9.17) is 15.6 Å². The van der Waals surface area contributed by atoms with Crippen LogP contribution in [0.3, 0.4) is 0 Å². The highest BCUT2D eigenvalue weighted by molar-refractivity contribution is 5.81. The number of rotatable bonds is 4. The van der Waals surface area contributed by atoms with Crippen LogP contribution in [0, 0.1) is 11.3 Å². The molecule has 16 heavy (non-hydrogen) atoms. The third-order valence-corrected chi connectivity index (χ3v) is 3.06. The second kappa shape index (κ2) is 4.80. The molecule has 1 aliphatic heterocycles. The standard InChI is InChI=1S/C10H18N2O4/c1-6(3-11)8(13)12-7-4-16-5-10(7,2)9(14)15/h6-7H,3-5,11H2,1-2H3,(H,12,13)(H,14,15). The van der Waals surface area contributed by atoms with Crippen molar-refractivity contribution in [3.05, 3.63) is 0 Å². The largest absolute Gasteiger partial charge is 0.481 e. The van der Waals surface area contributed by atoms with Crippen molar-refractivity contribution in [1.82, 2.24) is 5.32 Å². The molecule has 3 unspecified atom stereocenters. The summed E-state index contributed by atoms with van der Waals surface area (Å²) in [6.45, 7) is 3.85. The van der Waals surface area contributed by atoms with Crippen molar-refractivity contribution < 1.29 is 19.4 Å². The summed E-state index contributed by atoms with van der Waals surface area (Å²) < 4.78 is 5.12. The number of hydrogen-bond donors (Lipinski definition) is 3. The van der Waals surface area contributed by atoms with Gasteiger partial charge in [0, 0.05) is 12.5 Å². The zero-order valence-electron chi connectivity index (χ0n) is 9.53. The molecule has 3 atom stereocenters. The predicted molar refractivity (Wildman–Crippen MR) is 56.7 cm³/mol. The summed E-state index contributed by atoms with van der Waals surface area (Å²) in [4.78, 5) is 22.7. The van der Waals surface area contributed by atoms with Crippen LogP contribution >= 0.6 is 0 Å². The van der Waals surface area contributed by atoms with Crippen molar-refractivity contribution in [2.75, 3.05) is 19.8 Å². The highest BCUT2D eigenvalue weighted by atomic mass is 16.5. The first kappa shape index (κ1) is 12.9. The summed E-state index contributed by atoms with van der Waals surface area (Å²) in [5, 5.41) is 11.8. The summed E-state index contributed by atoms with van der Waals surface area (Å²) in [5.41, 5.74) is 4.31. The minimum Gasteiger partial charge on any atom is -0.481 e. The molecule has 1 amide bonds. The van der Waals surface area contributed by atoms with Gasteiger partial charge in [-0.3, -0.25) is 9.59 Å². The highest BCUT2D eigenvalue weighted by Gasteiger charge is 2.47. The molecule has 6 nitrogen and oxygen atoms in total. The molecule has 0 spiro atoms. The average Bonchev–Trinajstić information content (AvgIpc) is 2.60. The Morgan fingerprint density at radius 3 is 2.81 bits per heavy atom. The Bertz CT molecular complexity index is 295. The van der Waals surface area contributed by atoms with Gasteiger partial charge in [-0.15, -0.1) is 0 Å². The van der Waals surface area contributed by atoms with Crippen molar-refractivity contribution in [3.63, 3.8) is 0 Å². The SMILES string of the molecule is CC(CN)C(=O)NC1COCC1(C)C(=O)O. The van der Waals surface area contributed by atoms with Gasteiger partial charge in [-0.25, -0.2) is 0 Å². The molecule has 0 aromatic carbocycles. The van der Waals surface area contributed by atoms with Crippen LogP contribution in [0.4, 0.5) is 0 Å². The van der Waals surface area contributed by atoms with Crippen LogP contribution in [0.1, 0.15) is 13.8 Å². The fourth-order valence-corrected chi connectivity index (χ4v) is 1.51. The van der Waals surface area contributed by atoms with Gasteiger partial charge in [-0.2, -0.15) is 0 Å². The van der Waals surface area contributed by atoms with E-state index in [9.17, 15) is 9.59 Å². The van der Waals surface area contributed by atoms with E-state index in [0.717, 1.165) is 0 Å². The molecule has 0 saturated carbocycles. The van der Waals surface area contributed by atoms with Crippen LogP contribution in [-0.2, 0) is 14.3 Å². The second-order valence-electron chi connectivity index (χ2n) is 4.44. The number of carboxylic acids is 1. The van der Waals surface area contributed by atoms with E-state index < -0.39 is 17.4 Å². The van der Waals surface area contributed by atoms with Gasteiger partial charge in [-0.1, -0.05) is 6.92 Å². The Balaban J connectivity index is 2.67. The lowest BCUT2D eigenvalue weighted by Crippen LogP contribution is -2.51. The van der Waals surface area contributed by atoms with E-state index >= 15 is 0 Å². The van der Waals surface area contributed by atoms with Gasteiger partial charge < -0.3 is 20.9 Å². The molecule has 1 aliphatic rings. The van der Waals surface area contributed by atoms with E-state index in [1.165, 1.54) is 0 Å². The van der Waals surface area contributed by atoms with Crippen molar-refractivity contribution in [3.8, 4) is 0 Å². The number of hydrogen-bond acceptors (Lipinski definition) is 4. The van der Waals surface area contributed by atoms with E-state index in [2.05, 4.69) is 5.32 Å². The minimum absolute atomic E-state index is 0.115. The predicted octanol–water partition coefficient (Wildman–Crippen LogP) is -0.813. The molecular formula is C10H18N2O4. The number of aliphatic carboxylic acids is 1. The lowest BCUT2D eigenvalue weighted by atomic mass is 9.85. The summed E-state index contributed by atoms with van der Waals surface area (Å²) in [6.07, 6.45) is 0. The Morgan fingerprint density at radius 1 is 1.69 bits per heavy atom. The molecule has 0 radical (unpaired) electrons. The monoisotopic (exact) mass is 230 g/mol. The quantitative estimate of drug-likeness (QED) is 0.586. The van der Waals surface area contributed by atoms with Crippen LogP contribution in [0.15, 0.2) is 0 Å². The number of carbonyl (C=O) groups excluding carboxylic acids is 1. The molecule has 0 aromatic rings. The molecule has 6 heteroatoms. The van der Waals surface area contributed by atoms with Crippen LogP contribution in [-0.4, -0.2) is 42.8 Å². The first-order valence-electron chi connectivity index (χ1n) is 5.23.